The van der Waals surface area contributed by atoms with Crippen molar-refractivity contribution in [1.29, 1.82) is 0 Å². The molecule has 2 aromatic carbocycles. The first-order chi connectivity index (χ1) is 15.9. The number of phenolic OH excluding ortho intramolecular Hbond substituents is 1. The fourth-order valence-corrected chi connectivity index (χ4v) is 4.62. The molecule has 0 atom stereocenters. The van der Waals surface area contributed by atoms with E-state index >= 15 is 0 Å². The Morgan fingerprint density at radius 3 is 2.55 bits per heavy atom. The van der Waals surface area contributed by atoms with E-state index in [1.807, 2.05) is 18.2 Å². The van der Waals surface area contributed by atoms with Gasteiger partial charge in [0.2, 0.25) is 0 Å². The molecular formula is C26H22N2O5. The third kappa shape index (κ3) is 3.82. The Balaban J connectivity index is 1.56. The van der Waals surface area contributed by atoms with Crippen molar-refractivity contribution < 1.29 is 24.6 Å². The lowest BCUT2D eigenvalue weighted by atomic mass is 9.91. The topological polar surface area (TPSA) is 119 Å². The number of aryl methyl sites for hydroxylation is 1. The van der Waals surface area contributed by atoms with Crippen LogP contribution < -0.4 is 5.32 Å². The zero-order valence-corrected chi connectivity index (χ0v) is 17.8. The zero-order chi connectivity index (χ0) is 23.1. The van der Waals surface area contributed by atoms with E-state index in [1.54, 1.807) is 30.3 Å². The lowest BCUT2D eigenvalue weighted by molar-refractivity contribution is -0.137. The number of aliphatic carboxylic acids is 1. The number of nitrogens with one attached hydrogen (secondary N) is 2. The minimum Gasteiger partial charge on any atom is -0.508 e. The highest BCUT2D eigenvalue weighted by Gasteiger charge is 2.29. The highest BCUT2D eigenvalue weighted by atomic mass is 16.4. The zero-order valence-electron chi connectivity index (χ0n) is 17.8. The smallest absolute Gasteiger partial charge is 0.303 e. The summed E-state index contributed by atoms with van der Waals surface area (Å²) in [5.41, 5.74) is 6.40. The fourth-order valence-electron chi connectivity index (χ4n) is 4.62. The molecule has 2 aliphatic rings. The van der Waals surface area contributed by atoms with Crippen molar-refractivity contribution in [3.05, 3.63) is 70.5 Å². The molecule has 3 aromatic rings. The van der Waals surface area contributed by atoms with E-state index in [0.29, 0.717) is 34.5 Å². The van der Waals surface area contributed by atoms with Crippen LogP contribution in [-0.2, 0) is 22.4 Å². The highest BCUT2D eigenvalue weighted by Crippen LogP contribution is 2.38. The van der Waals surface area contributed by atoms with Crippen molar-refractivity contribution in [3.63, 3.8) is 0 Å². The number of carbonyl (C=O) groups is 3. The van der Waals surface area contributed by atoms with Crippen LogP contribution in [0.4, 0.5) is 5.69 Å². The molecule has 166 valence electrons. The predicted octanol–water partition coefficient (Wildman–Crippen LogP) is 4.42. The number of phenols is 1. The molecule has 7 heteroatoms. The lowest BCUT2D eigenvalue weighted by Crippen LogP contribution is -2.11. The number of ketones is 1. The number of carbonyl (C=O) groups excluding carboxylic acids is 2. The van der Waals surface area contributed by atoms with Gasteiger partial charge in [0, 0.05) is 41.0 Å². The number of rotatable bonds is 5. The molecule has 1 aliphatic carbocycles. The van der Waals surface area contributed by atoms with Crippen LogP contribution in [0.3, 0.4) is 0 Å². The van der Waals surface area contributed by atoms with Gasteiger partial charge in [0.05, 0.1) is 5.57 Å². The minimum absolute atomic E-state index is 0.0207. The first-order valence-corrected chi connectivity index (χ1v) is 10.9. The average Bonchev–Trinajstić information content (AvgIpc) is 3.30. The van der Waals surface area contributed by atoms with Gasteiger partial charge in [-0.05, 0) is 60.2 Å². The Bertz CT molecular complexity index is 1330. The van der Waals surface area contributed by atoms with Gasteiger partial charge in [-0.15, -0.1) is 0 Å². The molecule has 33 heavy (non-hydrogen) atoms. The Labute approximate surface area is 189 Å². The number of amides is 1. The third-order valence-corrected chi connectivity index (χ3v) is 6.20. The SMILES string of the molecule is O=C(O)CCc1c(C=C2C(=O)Nc3cc(-c4ccc(O)cc4)ccc32)[nH]c2c1C(=O)CCC2. The summed E-state index contributed by atoms with van der Waals surface area (Å²) in [6, 6.07) is 12.5. The van der Waals surface area contributed by atoms with Crippen LogP contribution in [0.2, 0.25) is 0 Å². The molecule has 0 fully saturated rings. The number of fused-ring (bicyclic) bond motifs is 2. The molecule has 5 rings (SSSR count). The summed E-state index contributed by atoms with van der Waals surface area (Å²) < 4.78 is 0. The van der Waals surface area contributed by atoms with Crippen molar-refractivity contribution in [2.24, 2.45) is 0 Å². The number of anilines is 1. The monoisotopic (exact) mass is 442 g/mol. The molecule has 0 saturated heterocycles. The van der Waals surface area contributed by atoms with Gasteiger partial charge in [0.1, 0.15) is 5.75 Å². The van der Waals surface area contributed by atoms with E-state index in [0.717, 1.165) is 35.2 Å². The molecule has 2 heterocycles. The Morgan fingerprint density at radius 2 is 1.79 bits per heavy atom. The molecule has 0 spiro atoms. The summed E-state index contributed by atoms with van der Waals surface area (Å²) in [7, 11) is 0. The largest absolute Gasteiger partial charge is 0.508 e. The van der Waals surface area contributed by atoms with E-state index in [1.165, 1.54) is 0 Å². The molecule has 7 nitrogen and oxygen atoms in total. The second kappa shape index (κ2) is 8.09. The van der Waals surface area contributed by atoms with Gasteiger partial charge in [-0.2, -0.15) is 0 Å². The third-order valence-electron chi connectivity index (χ3n) is 6.20. The Morgan fingerprint density at radius 1 is 1.03 bits per heavy atom. The lowest BCUT2D eigenvalue weighted by Gasteiger charge is -2.11. The van der Waals surface area contributed by atoms with Gasteiger partial charge in [-0.1, -0.05) is 24.3 Å². The van der Waals surface area contributed by atoms with Gasteiger partial charge in [0.15, 0.2) is 5.78 Å². The molecule has 4 N–H and O–H groups in total. The van der Waals surface area contributed by atoms with Crippen LogP contribution in [0.25, 0.3) is 22.8 Å². The molecule has 1 aliphatic heterocycles. The normalized spacial score (nSPS) is 15.9. The molecular weight excluding hydrogens is 420 g/mol. The number of aromatic amines is 1. The van der Waals surface area contributed by atoms with Gasteiger partial charge >= 0.3 is 5.97 Å². The standard InChI is InChI=1S/C26H22N2O5/c29-16-7-4-14(5-8-16)15-6-9-17-19(26(33)28-21(17)12-15)13-22-18(10-11-24(31)32)25-20(27-22)2-1-3-23(25)30/h4-9,12-13,27,29H,1-3,10-11H2,(H,28,33)(H,31,32). The predicted molar refractivity (Wildman–Crippen MR) is 124 cm³/mol. The fraction of sp³-hybridized carbons (Fsp3) is 0.192. The van der Waals surface area contributed by atoms with E-state index in [2.05, 4.69) is 10.3 Å². The summed E-state index contributed by atoms with van der Waals surface area (Å²) in [6.45, 7) is 0. The second-order valence-corrected chi connectivity index (χ2v) is 8.36. The van der Waals surface area contributed by atoms with Crippen molar-refractivity contribution in [2.75, 3.05) is 5.32 Å². The number of aromatic nitrogens is 1. The first kappa shape index (κ1) is 20.8. The van der Waals surface area contributed by atoms with Crippen molar-refractivity contribution in [1.82, 2.24) is 4.98 Å². The summed E-state index contributed by atoms with van der Waals surface area (Å²) in [5, 5.41) is 21.6. The van der Waals surface area contributed by atoms with Crippen LogP contribution in [0.1, 0.15) is 52.1 Å². The van der Waals surface area contributed by atoms with E-state index in [4.69, 9.17) is 0 Å². The number of hydrogen-bond donors (Lipinski definition) is 4. The quantitative estimate of drug-likeness (QED) is 0.436. The maximum atomic E-state index is 12.8. The Kier molecular flexibility index (Phi) is 5.09. The molecule has 1 amide bonds. The highest BCUT2D eigenvalue weighted by molar-refractivity contribution is 6.35. The van der Waals surface area contributed by atoms with Crippen LogP contribution in [0.5, 0.6) is 5.75 Å². The summed E-state index contributed by atoms with van der Waals surface area (Å²) in [5.74, 6) is -0.981. The summed E-state index contributed by atoms with van der Waals surface area (Å²) >= 11 is 0. The maximum Gasteiger partial charge on any atom is 0.303 e. The van der Waals surface area contributed by atoms with Crippen molar-refractivity contribution in [2.45, 2.75) is 32.1 Å². The van der Waals surface area contributed by atoms with Gasteiger partial charge in [-0.3, -0.25) is 14.4 Å². The number of Topliss-reactive ketones (excluding diaryl/α,β-unsaturated/α-hetero) is 1. The number of carboxylic acids is 1. The molecule has 1 aromatic heterocycles. The summed E-state index contributed by atoms with van der Waals surface area (Å²) in [6.07, 6.45) is 3.79. The number of carboxylic acid groups (broad SMARTS) is 1. The van der Waals surface area contributed by atoms with Crippen molar-refractivity contribution in [3.8, 4) is 16.9 Å². The molecule has 0 saturated carbocycles. The van der Waals surface area contributed by atoms with Crippen LogP contribution in [-0.4, -0.2) is 32.9 Å². The van der Waals surface area contributed by atoms with Crippen LogP contribution in [0, 0.1) is 0 Å². The Hall–Kier alpha value is -4.13. The number of H-pyrrole nitrogens is 1. The van der Waals surface area contributed by atoms with E-state index in [9.17, 15) is 24.6 Å². The van der Waals surface area contributed by atoms with Crippen LogP contribution >= 0.6 is 0 Å². The van der Waals surface area contributed by atoms with E-state index in [-0.39, 0.29) is 30.3 Å². The van der Waals surface area contributed by atoms with Crippen LogP contribution in [0.15, 0.2) is 42.5 Å². The van der Waals surface area contributed by atoms with Crippen molar-refractivity contribution >= 4 is 35.0 Å². The van der Waals surface area contributed by atoms with Gasteiger partial charge < -0.3 is 20.5 Å². The minimum atomic E-state index is -0.933. The average molecular weight is 442 g/mol. The number of aromatic hydroxyl groups is 1. The molecule has 0 unspecified atom stereocenters. The second-order valence-electron chi connectivity index (χ2n) is 8.36. The van der Waals surface area contributed by atoms with Gasteiger partial charge in [0.25, 0.3) is 5.91 Å². The molecule has 0 radical (unpaired) electrons. The number of benzene rings is 2. The molecule has 0 bridgehead atoms. The van der Waals surface area contributed by atoms with E-state index < -0.39 is 5.97 Å². The number of hydrogen-bond acceptors (Lipinski definition) is 4. The van der Waals surface area contributed by atoms with Gasteiger partial charge in [-0.25, -0.2) is 0 Å². The first-order valence-electron chi connectivity index (χ1n) is 10.9. The maximum absolute atomic E-state index is 12.8. The summed E-state index contributed by atoms with van der Waals surface area (Å²) in [4.78, 5) is 39.9.